The Morgan fingerprint density at radius 2 is 1.96 bits per heavy atom. The van der Waals surface area contributed by atoms with E-state index in [4.69, 9.17) is 11.6 Å². The van der Waals surface area contributed by atoms with Crippen LogP contribution in [-0.2, 0) is 11.3 Å². The van der Waals surface area contributed by atoms with Crippen molar-refractivity contribution in [3.8, 4) is 0 Å². The summed E-state index contributed by atoms with van der Waals surface area (Å²) in [6.45, 7) is 4.09. The number of hydrogen-bond acceptors (Lipinski definition) is 6. The lowest BCUT2D eigenvalue weighted by Crippen LogP contribution is -2.51. The summed E-state index contributed by atoms with van der Waals surface area (Å²) in [5.74, 6) is 0.894. The molecule has 0 radical (unpaired) electrons. The minimum absolute atomic E-state index is 0.161. The highest BCUT2D eigenvalue weighted by atomic mass is 35.5. The van der Waals surface area contributed by atoms with Crippen molar-refractivity contribution in [1.82, 2.24) is 19.8 Å². The maximum Gasteiger partial charge on any atom is 0.236 e. The van der Waals surface area contributed by atoms with Gasteiger partial charge in [-0.2, -0.15) is 0 Å². The van der Waals surface area contributed by atoms with Gasteiger partial charge in [0.2, 0.25) is 11.9 Å². The van der Waals surface area contributed by atoms with Crippen molar-refractivity contribution in [2.24, 2.45) is 0 Å². The highest BCUT2D eigenvalue weighted by Gasteiger charge is 2.23. The lowest BCUT2D eigenvalue weighted by Gasteiger charge is -2.35. The molecule has 0 N–H and O–H groups in total. The number of halogens is 1. The maximum absolute atomic E-state index is 12.5. The van der Waals surface area contributed by atoms with Crippen molar-refractivity contribution in [1.29, 1.82) is 0 Å². The van der Waals surface area contributed by atoms with Crippen LogP contribution in [0.25, 0.3) is 0 Å². The van der Waals surface area contributed by atoms with Gasteiger partial charge in [-0.25, -0.2) is 9.97 Å². The van der Waals surface area contributed by atoms with E-state index < -0.39 is 0 Å². The molecule has 128 valence electrons. The molecule has 1 aliphatic heterocycles. The van der Waals surface area contributed by atoms with Crippen molar-refractivity contribution >= 4 is 34.8 Å². The Labute approximate surface area is 150 Å². The Morgan fingerprint density at radius 3 is 2.58 bits per heavy atom. The summed E-state index contributed by atoms with van der Waals surface area (Å²) in [5, 5.41) is 0. The van der Waals surface area contributed by atoms with Crippen molar-refractivity contribution < 1.29 is 4.79 Å². The number of carbonyl (C=O) groups excluding carboxylic acids is 1. The molecule has 2 aromatic rings. The molecule has 0 bridgehead atoms. The van der Waals surface area contributed by atoms with E-state index in [1.54, 1.807) is 29.8 Å². The standard InChI is InChI=1S/C16H20ClN5OS/c1-20(11-13-3-4-14(17)24-13)12-15(23)21-7-9-22(10-8-21)16-18-5-2-6-19-16/h2-6H,7-12H2,1H3. The number of nitrogens with zero attached hydrogens (tertiary/aromatic N) is 5. The Morgan fingerprint density at radius 1 is 1.25 bits per heavy atom. The van der Waals surface area contributed by atoms with Gasteiger partial charge in [0.15, 0.2) is 0 Å². The molecule has 1 fully saturated rings. The smallest absolute Gasteiger partial charge is 0.236 e. The fraction of sp³-hybridized carbons (Fsp3) is 0.438. The Hall–Kier alpha value is -1.70. The number of likely N-dealkylation sites (N-methyl/N-ethyl adjacent to an activating group) is 1. The van der Waals surface area contributed by atoms with Gasteiger partial charge in [0.05, 0.1) is 10.9 Å². The molecule has 1 saturated heterocycles. The quantitative estimate of drug-likeness (QED) is 0.810. The Kier molecular flexibility index (Phi) is 5.65. The van der Waals surface area contributed by atoms with Crippen LogP contribution in [0.4, 0.5) is 5.95 Å². The van der Waals surface area contributed by atoms with Crippen molar-refractivity contribution in [2.45, 2.75) is 6.54 Å². The molecule has 3 heterocycles. The first-order chi connectivity index (χ1) is 11.6. The second-order valence-electron chi connectivity index (χ2n) is 5.79. The van der Waals surface area contributed by atoms with Crippen LogP contribution < -0.4 is 4.90 Å². The number of anilines is 1. The summed E-state index contributed by atoms with van der Waals surface area (Å²) in [6, 6.07) is 5.70. The van der Waals surface area contributed by atoms with Crippen LogP contribution in [0.3, 0.4) is 0 Å². The van der Waals surface area contributed by atoms with E-state index >= 15 is 0 Å². The van der Waals surface area contributed by atoms with Crippen LogP contribution >= 0.6 is 22.9 Å². The van der Waals surface area contributed by atoms with Crippen LogP contribution in [0.1, 0.15) is 4.88 Å². The highest BCUT2D eigenvalue weighted by molar-refractivity contribution is 7.16. The molecule has 1 amide bonds. The van der Waals surface area contributed by atoms with Crippen LogP contribution in [0.15, 0.2) is 30.6 Å². The molecule has 0 saturated carbocycles. The molecule has 0 aromatic carbocycles. The number of amides is 1. The van der Waals surface area contributed by atoms with Crippen molar-refractivity contribution in [2.75, 3.05) is 44.7 Å². The fourth-order valence-corrected chi connectivity index (χ4v) is 3.87. The van der Waals surface area contributed by atoms with E-state index in [1.807, 2.05) is 29.0 Å². The number of aromatic nitrogens is 2. The summed E-state index contributed by atoms with van der Waals surface area (Å²) >= 11 is 7.50. The zero-order valence-electron chi connectivity index (χ0n) is 13.6. The zero-order chi connectivity index (χ0) is 16.9. The van der Waals surface area contributed by atoms with E-state index in [2.05, 4.69) is 14.9 Å². The van der Waals surface area contributed by atoms with Gasteiger partial charge in [-0.1, -0.05) is 11.6 Å². The van der Waals surface area contributed by atoms with E-state index in [9.17, 15) is 4.79 Å². The number of thiophene rings is 1. The molecule has 24 heavy (non-hydrogen) atoms. The van der Waals surface area contributed by atoms with Gasteiger partial charge >= 0.3 is 0 Å². The third-order valence-electron chi connectivity index (χ3n) is 3.93. The third-order valence-corrected chi connectivity index (χ3v) is 5.14. The Bertz CT molecular complexity index is 672. The van der Waals surface area contributed by atoms with Gasteiger partial charge in [-0.15, -0.1) is 11.3 Å². The van der Waals surface area contributed by atoms with Crippen LogP contribution in [0.5, 0.6) is 0 Å². The van der Waals surface area contributed by atoms with Gasteiger partial charge in [-0.3, -0.25) is 9.69 Å². The molecule has 8 heteroatoms. The second-order valence-corrected chi connectivity index (χ2v) is 7.59. The zero-order valence-corrected chi connectivity index (χ0v) is 15.1. The Balaban J connectivity index is 1.46. The van der Waals surface area contributed by atoms with Gasteiger partial charge in [-0.05, 0) is 25.2 Å². The molecule has 0 aliphatic carbocycles. The molecular formula is C16H20ClN5OS. The molecule has 6 nitrogen and oxygen atoms in total. The normalized spacial score (nSPS) is 15.1. The minimum atomic E-state index is 0.161. The van der Waals surface area contributed by atoms with E-state index in [1.165, 1.54) is 4.88 Å². The van der Waals surface area contributed by atoms with Crippen LogP contribution in [0.2, 0.25) is 4.34 Å². The number of carbonyl (C=O) groups is 1. The first-order valence-electron chi connectivity index (χ1n) is 7.84. The van der Waals surface area contributed by atoms with Crippen LogP contribution in [-0.4, -0.2) is 65.4 Å². The van der Waals surface area contributed by atoms with E-state index in [0.29, 0.717) is 19.6 Å². The average molecular weight is 366 g/mol. The number of rotatable bonds is 5. The number of hydrogen-bond donors (Lipinski definition) is 0. The van der Waals surface area contributed by atoms with E-state index in [-0.39, 0.29) is 5.91 Å². The predicted molar refractivity (Wildman–Crippen MR) is 96.5 cm³/mol. The monoisotopic (exact) mass is 365 g/mol. The predicted octanol–water partition coefficient (Wildman–Crippen LogP) is 1.97. The SMILES string of the molecule is CN(CC(=O)N1CCN(c2ncccn2)CC1)Cc1ccc(Cl)s1. The summed E-state index contributed by atoms with van der Waals surface area (Å²) in [5.41, 5.74) is 0. The molecule has 0 spiro atoms. The van der Waals surface area contributed by atoms with E-state index in [0.717, 1.165) is 29.9 Å². The third kappa shape index (κ3) is 4.43. The number of piperazine rings is 1. The molecule has 3 rings (SSSR count). The van der Waals surface area contributed by atoms with Gasteiger partial charge in [0, 0.05) is 50.0 Å². The lowest BCUT2D eigenvalue weighted by atomic mass is 10.3. The summed E-state index contributed by atoms with van der Waals surface area (Å²) in [4.78, 5) is 28.2. The molecule has 1 aliphatic rings. The van der Waals surface area contributed by atoms with Crippen LogP contribution in [0, 0.1) is 0 Å². The fourth-order valence-electron chi connectivity index (χ4n) is 2.70. The summed E-state index contributed by atoms with van der Waals surface area (Å²) in [6.07, 6.45) is 3.48. The molecule has 2 aromatic heterocycles. The topological polar surface area (TPSA) is 52.6 Å². The van der Waals surface area contributed by atoms with Gasteiger partial charge in [0.25, 0.3) is 0 Å². The summed E-state index contributed by atoms with van der Waals surface area (Å²) in [7, 11) is 1.96. The maximum atomic E-state index is 12.5. The van der Waals surface area contributed by atoms with Gasteiger partial charge in [0.1, 0.15) is 0 Å². The largest absolute Gasteiger partial charge is 0.338 e. The molecular weight excluding hydrogens is 346 g/mol. The van der Waals surface area contributed by atoms with Crippen molar-refractivity contribution in [3.63, 3.8) is 0 Å². The second kappa shape index (κ2) is 7.92. The average Bonchev–Trinajstić information content (AvgIpc) is 3.00. The molecule has 0 atom stereocenters. The van der Waals surface area contributed by atoms with Crippen molar-refractivity contribution in [3.05, 3.63) is 39.8 Å². The minimum Gasteiger partial charge on any atom is -0.338 e. The first kappa shape index (κ1) is 17.1. The highest BCUT2D eigenvalue weighted by Crippen LogP contribution is 2.22. The molecule has 0 unspecified atom stereocenters. The van der Waals surface area contributed by atoms with Gasteiger partial charge < -0.3 is 9.80 Å². The lowest BCUT2D eigenvalue weighted by molar-refractivity contribution is -0.132. The first-order valence-corrected chi connectivity index (χ1v) is 9.04. The summed E-state index contributed by atoms with van der Waals surface area (Å²) < 4.78 is 0.781.